The summed E-state index contributed by atoms with van der Waals surface area (Å²) in [7, 11) is 1.84. The van der Waals surface area contributed by atoms with Crippen LogP contribution >= 0.6 is 0 Å². The van der Waals surface area contributed by atoms with Gasteiger partial charge in [-0.25, -0.2) is 9.97 Å². The van der Waals surface area contributed by atoms with Crippen molar-refractivity contribution in [3.63, 3.8) is 0 Å². The van der Waals surface area contributed by atoms with Gasteiger partial charge in [0.05, 0.1) is 6.04 Å². The van der Waals surface area contributed by atoms with Crippen molar-refractivity contribution >= 4 is 17.5 Å². The second-order valence-electron chi connectivity index (χ2n) is 8.21. The van der Waals surface area contributed by atoms with E-state index in [2.05, 4.69) is 16.1 Å². The molecular formula is C22H24N6O. The molecule has 1 saturated carbocycles. The van der Waals surface area contributed by atoms with Gasteiger partial charge in [-0.3, -0.25) is 4.79 Å². The number of rotatable bonds is 4. The molecule has 1 saturated heterocycles. The molecule has 1 aromatic heterocycles. The highest BCUT2D eigenvalue weighted by atomic mass is 16.2. The van der Waals surface area contributed by atoms with Crippen molar-refractivity contribution in [3.8, 4) is 6.19 Å². The molecule has 29 heavy (non-hydrogen) atoms. The first-order valence-corrected chi connectivity index (χ1v) is 10.3. The summed E-state index contributed by atoms with van der Waals surface area (Å²) in [5.74, 6) is 1.37. The van der Waals surface area contributed by atoms with Crippen LogP contribution in [0.1, 0.15) is 46.8 Å². The Morgan fingerprint density at radius 2 is 2.10 bits per heavy atom. The molecule has 1 aromatic carbocycles. The maximum Gasteiger partial charge on any atom is 0.253 e. The van der Waals surface area contributed by atoms with Gasteiger partial charge < -0.3 is 14.7 Å². The topological polar surface area (TPSA) is 76.4 Å². The minimum atomic E-state index is 0.0167. The molecule has 7 heteroatoms. The molecule has 1 atom stereocenters. The lowest BCUT2D eigenvalue weighted by molar-refractivity contribution is 0.0739. The van der Waals surface area contributed by atoms with Gasteiger partial charge >= 0.3 is 0 Å². The summed E-state index contributed by atoms with van der Waals surface area (Å²) in [6.07, 6.45) is 8.19. The molecule has 7 nitrogen and oxygen atoms in total. The Balaban J connectivity index is 1.35. The molecule has 5 rings (SSSR count). The molecule has 3 heterocycles. The highest BCUT2D eigenvalue weighted by Gasteiger charge is 2.30. The van der Waals surface area contributed by atoms with Gasteiger partial charge in [0.1, 0.15) is 0 Å². The summed E-state index contributed by atoms with van der Waals surface area (Å²) in [6.45, 7) is 2.17. The third kappa shape index (κ3) is 3.29. The fraction of sp³-hybridized carbons (Fsp3) is 0.455. The number of likely N-dealkylation sites (tertiary alicyclic amines) is 1. The Morgan fingerprint density at radius 3 is 2.86 bits per heavy atom. The number of carbonyl (C=O) groups is 1. The number of benzene rings is 1. The molecule has 3 aliphatic rings. The van der Waals surface area contributed by atoms with Crippen LogP contribution < -0.4 is 4.90 Å². The first kappa shape index (κ1) is 17.9. The maximum atomic E-state index is 13.0. The van der Waals surface area contributed by atoms with Crippen LogP contribution in [-0.2, 0) is 6.42 Å². The summed E-state index contributed by atoms with van der Waals surface area (Å²) < 4.78 is 0. The van der Waals surface area contributed by atoms with E-state index in [4.69, 9.17) is 10.2 Å². The Bertz CT molecular complexity index is 995. The molecule has 0 unspecified atom stereocenters. The van der Waals surface area contributed by atoms with Crippen LogP contribution in [0.15, 0.2) is 30.5 Å². The normalized spacial score (nSPS) is 20.5. The van der Waals surface area contributed by atoms with Crippen molar-refractivity contribution < 1.29 is 4.79 Å². The quantitative estimate of drug-likeness (QED) is 0.750. The molecule has 148 valence electrons. The van der Waals surface area contributed by atoms with Crippen LogP contribution in [0.25, 0.3) is 0 Å². The minimum Gasteiger partial charge on any atom is -0.337 e. The van der Waals surface area contributed by atoms with Crippen LogP contribution in [0.4, 0.5) is 11.6 Å². The van der Waals surface area contributed by atoms with Gasteiger partial charge in [0, 0.05) is 55.7 Å². The molecule has 0 radical (unpaired) electrons. The zero-order valence-corrected chi connectivity index (χ0v) is 16.6. The molecule has 1 amide bonds. The van der Waals surface area contributed by atoms with E-state index >= 15 is 0 Å². The average molecular weight is 388 g/mol. The van der Waals surface area contributed by atoms with Gasteiger partial charge in [-0.2, -0.15) is 5.26 Å². The van der Waals surface area contributed by atoms with Crippen molar-refractivity contribution in [2.24, 2.45) is 0 Å². The summed E-state index contributed by atoms with van der Waals surface area (Å²) >= 11 is 0. The van der Waals surface area contributed by atoms with Gasteiger partial charge in [0.15, 0.2) is 6.19 Å². The van der Waals surface area contributed by atoms with Gasteiger partial charge in [-0.1, -0.05) is 0 Å². The van der Waals surface area contributed by atoms with Crippen molar-refractivity contribution in [2.75, 3.05) is 31.6 Å². The van der Waals surface area contributed by atoms with Crippen LogP contribution in [0, 0.1) is 11.5 Å². The van der Waals surface area contributed by atoms with E-state index in [0.717, 1.165) is 48.8 Å². The number of nitrogens with zero attached hydrogens (tertiary/aromatic N) is 6. The number of anilines is 2. The number of aromatic nitrogens is 2. The zero-order chi connectivity index (χ0) is 20.0. The summed E-state index contributed by atoms with van der Waals surface area (Å²) in [5, 5.41) is 9.05. The van der Waals surface area contributed by atoms with Gasteiger partial charge in [0.2, 0.25) is 5.95 Å². The molecule has 2 aliphatic heterocycles. The van der Waals surface area contributed by atoms with Crippen LogP contribution in [0.3, 0.4) is 0 Å². The Hall–Kier alpha value is -3.14. The number of hydrogen-bond acceptors (Lipinski definition) is 6. The van der Waals surface area contributed by atoms with Gasteiger partial charge in [-0.05, 0) is 55.5 Å². The third-order valence-electron chi connectivity index (χ3n) is 6.30. The van der Waals surface area contributed by atoms with Crippen molar-refractivity contribution in [1.82, 2.24) is 19.8 Å². The first-order valence-electron chi connectivity index (χ1n) is 10.3. The highest BCUT2D eigenvalue weighted by molar-refractivity contribution is 5.95. The van der Waals surface area contributed by atoms with E-state index in [1.165, 1.54) is 12.8 Å². The predicted octanol–water partition coefficient (Wildman–Crippen LogP) is 2.68. The number of carbonyl (C=O) groups excluding carboxylic acids is 1. The Kier molecular flexibility index (Phi) is 4.35. The summed E-state index contributed by atoms with van der Waals surface area (Å²) in [6, 6.07) is 8.04. The SMILES string of the molecule is CN(C(=O)c1ccc2c(c1)CCN2c1nccc(C2CC2)n1)[C@@H]1CCN(C#N)C1. The molecular weight excluding hydrogens is 364 g/mol. The zero-order valence-electron chi connectivity index (χ0n) is 16.6. The predicted molar refractivity (Wildman–Crippen MR) is 109 cm³/mol. The third-order valence-corrected chi connectivity index (χ3v) is 6.30. The highest BCUT2D eigenvalue weighted by Crippen LogP contribution is 2.40. The smallest absolute Gasteiger partial charge is 0.253 e. The summed E-state index contributed by atoms with van der Waals surface area (Å²) in [4.78, 5) is 27.9. The fourth-order valence-corrected chi connectivity index (χ4v) is 4.36. The molecule has 0 bridgehead atoms. The van der Waals surface area contributed by atoms with E-state index in [0.29, 0.717) is 18.0 Å². The molecule has 2 aromatic rings. The number of likely N-dealkylation sites (N-methyl/N-ethyl adjacent to an activating group) is 1. The minimum absolute atomic E-state index is 0.0167. The van der Waals surface area contributed by atoms with E-state index in [1.54, 1.807) is 9.80 Å². The van der Waals surface area contributed by atoms with Crippen LogP contribution in [0.2, 0.25) is 0 Å². The van der Waals surface area contributed by atoms with Crippen LogP contribution in [-0.4, -0.2) is 58.4 Å². The second-order valence-corrected chi connectivity index (χ2v) is 8.21. The summed E-state index contributed by atoms with van der Waals surface area (Å²) in [5.41, 5.74) is 4.10. The fourth-order valence-electron chi connectivity index (χ4n) is 4.36. The van der Waals surface area contributed by atoms with Crippen LogP contribution in [0.5, 0.6) is 0 Å². The molecule has 0 N–H and O–H groups in total. The van der Waals surface area contributed by atoms with E-state index in [-0.39, 0.29) is 11.9 Å². The standard InChI is InChI=1S/C22H24N6O/c1-26(18-8-10-27(13-18)14-23)21(29)17-4-5-20-16(12-17)7-11-28(20)22-24-9-6-19(25-22)15-2-3-15/h4-6,9,12,15,18H,2-3,7-8,10-11,13H2,1H3/t18-/m1/s1. The lowest BCUT2D eigenvalue weighted by Crippen LogP contribution is -2.38. The van der Waals surface area contributed by atoms with Gasteiger partial charge in [-0.15, -0.1) is 0 Å². The van der Waals surface area contributed by atoms with E-state index < -0.39 is 0 Å². The number of nitriles is 1. The van der Waals surface area contributed by atoms with Crippen molar-refractivity contribution in [3.05, 3.63) is 47.3 Å². The average Bonchev–Trinajstić information content (AvgIpc) is 3.35. The van der Waals surface area contributed by atoms with E-state index in [9.17, 15) is 4.79 Å². The lowest BCUT2D eigenvalue weighted by Gasteiger charge is -2.24. The van der Waals surface area contributed by atoms with E-state index in [1.807, 2.05) is 37.5 Å². The molecule has 2 fully saturated rings. The largest absolute Gasteiger partial charge is 0.337 e. The second kappa shape index (κ2) is 7.03. The number of amides is 1. The van der Waals surface area contributed by atoms with Crippen molar-refractivity contribution in [2.45, 2.75) is 37.6 Å². The van der Waals surface area contributed by atoms with Crippen molar-refractivity contribution in [1.29, 1.82) is 5.26 Å². The Morgan fingerprint density at radius 1 is 1.24 bits per heavy atom. The van der Waals surface area contributed by atoms with Gasteiger partial charge in [0.25, 0.3) is 5.91 Å². The molecule has 0 spiro atoms. The monoisotopic (exact) mass is 388 g/mol. The number of fused-ring (bicyclic) bond motifs is 1. The maximum absolute atomic E-state index is 13.0. The first-order chi connectivity index (χ1) is 14.1. The lowest BCUT2D eigenvalue weighted by atomic mass is 10.1. The number of hydrogen-bond donors (Lipinski definition) is 0. The molecule has 1 aliphatic carbocycles. The Labute approximate surface area is 170 Å².